The van der Waals surface area contributed by atoms with E-state index in [0.717, 1.165) is 0 Å². The Morgan fingerprint density at radius 3 is 2.80 bits per heavy atom. The molecule has 3 atom stereocenters. The van der Waals surface area contributed by atoms with Gasteiger partial charge in [0.25, 0.3) is 5.91 Å². The number of aromatic nitrogens is 1. The zero-order chi connectivity index (χ0) is 14.5. The lowest BCUT2D eigenvalue weighted by Crippen LogP contribution is -2.52. The third kappa shape index (κ3) is 1.81. The predicted octanol–water partition coefficient (Wildman–Crippen LogP) is 2.61. The van der Waals surface area contributed by atoms with Crippen LogP contribution < -0.4 is 11.1 Å². The van der Waals surface area contributed by atoms with E-state index >= 15 is 0 Å². The maximum absolute atomic E-state index is 12.5. The molecule has 0 aromatic carbocycles. The second kappa shape index (κ2) is 4.21. The number of anilines is 1. The zero-order valence-electron chi connectivity index (χ0n) is 12.4. The predicted molar refractivity (Wildman–Crippen MR) is 79.1 cm³/mol. The van der Waals surface area contributed by atoms with Gasteiger partial charge in [0.15, 0.2) is 0 Å². The first-order chi connectivity index (χ1) is 9.34. The molecule has 1 heterocycles. The van der Waals surface area contributed by atoms with Gasteiger partial charge in [0.05, 0.1) is 5.56 Å². The van der Waals surface area contributed by atoms with Crippen molar-refractivity contribution in [2.75, 3.05) is 5.73 Å². The minimum Gasteiger partial charge on any atom is -0.398 e. The number of pyridine rings is 1. The molecule has 4 heteroatoms. The monoisotopic (exact) mass is 273 g/mol. The van der Waals surface area contributed by atoms with Crippen LogP contribution in [0.4, 0.5) is 5.69 Å². The summed E-state index contributed by atoms with van der Waals surface area (Å²) in [4.78, 5) is 16.5. The number of carbonyl (C=O) groups is 1. The van der Waals surface area contributed by atoms with Gasteiger partial charge in [-0.1, -0.05) is 20.8 Å². The van der Waals surface area contributed by atoms with Crippen LogP contribution in [-0.2, 0) is 0 Å². The molecule has 0 saturated heterocycles. The van der Waals surface area contributed by atoms with Crippen molar-refractivity contribution in [2.24, 2.45) is 16.7 Å². The first-order valence-corrected chi connectivity index (χ1v) is 7.35. The number of fused-ring (bicyclic) bond motifs is 2. The van der Waals surface area contributed by atoms with Gasteiger partial charge in [-0.3, -0.25) is 9.78 Å². The van der Waals surface area contributed by atoms with E-state index < -0.39 is 0 Å². The molecule has 0 aliphatic heterocycles. The van der Waals surface area contributed by atoms with Crippen molar-refractivity contribution in [3.8, 4) is 0 Å². The lowest BCUT2D eigenvalue weighted by Gasteiger charge is -2.43. The molecule has 20 heavy (non-hydrogen) atoms. The molecule has 2 aliphatic rings. The lowest BCUT2D eigenvalue weighted by atomic mass is 9.68. The number of nitrogens with zero attached hydrogens (tertiary/aromatic N) is 1. The standard InChI is InChI=1S/C16H23N3O/c1-15(2)10-4-6-16(3,8-10)14(15)19-13(20)11-9-18-7-5-12(11)17/h5,7,9-10,14H,4,6,8H2,1-3H3,(H2,17,18)(H,19,20). The Bertz CT molecular complexity index is 550. The van der Waals surface area contributed by atoms with E-state index in [0.29, 0.717) is 17.2 Å². The summed E-state index contributed by atoms with van der Waals surface area (Å²) in [6.45, 7) is 6.86. The van der Waals surface area contributed by atoms with Crippen LogP contribution in [0.5, 0.6) is 0 Å². The molecule has 1 amide bonds. The maximum Gasteiger partial charge on any atom is 0.255 e. The van der Waals surface area contributed by atoms with Crippen LogP contribution in [0.3, 0.4) is 0 Å². The van der Waals surface area contributed by atoms with Crippen molar-refractivity contribution in [1.29, 1.82) is 0 Å². The van der Waals surface area contributed by atoms with Gasteiger partial charge in [0, 0.05) is 24.1 Å². The van der Waals surface area contributed by atoms with Gasteiger partial charge in [-0.05, 0) is 42.1 Å². The number of nitrogen functional groups attached to an aromatic ring is 1. The van der Waals surface area contributed by atoms with Crippen LogP contribution in [0.2, 0.25) is 0 Å². The fourth-order valence-electron chi connectivity index (χ4n) is 4.47. The number of hydrogen-bond donors (Lipinski definition) is 2. The van der Waals surface area contributed by atoms with Crippen molar-refractivity contribution < 1.29 is 4.79 Å². The van der Waals surface area contributed by atoms with Crippen LogP contribution in [0.25, 0.3) is 0 Å². The Labute approximate surface area is 120 Å². The third-order valence-corrected chi connectivity index (χ3v) is 5.64. The Morgan fingerprint density at radius 1 is 1.45 bits per heavy atom. The molecular weight excluding hydrogens is 250 g/mol. The molecule has 0 radical (unpaired) electrons. The Balaban J connectivity index is 1.85. The molecule has 1 aromatic heterocycles. The van der Waals surface area contributed by atoms with E-state index in [-0.39, 0.29) is 22.8 Å². The number of nitrogens with two attached hydrogens (primary N) is 1. The maximum atomic E-state index is 12.5. The van der Waals surface area contributed by atoms with Gasteiger partial charge in [-0.25, -0.2) is 0 Å². The van der Waals surface area contributed by atoms with Crippen LogP contribution >= 0.6 is 0 Å². The number of nitrogens with one attached hydrogen (secondary N) is 1. The second-order valence-corrected chi connectivity index (χ2v) is 7.28. The number of amides is 1. The SMILES string of the molecule is CC12CCC(C1)C(C)(C)C2NC(=O)c1cnccc1N. The molecule has 2 saturated carbocycles. The van der Waals surface area contributed by atoms with Crippen LogP contribution in [0.1, 0.15) is 50.4 Å². The van der Waals surface area contributed by atoms with Gasteiger partial charge < -0.3 is 11.1 Å². The summed E-state index contributed by atoms with van der Waals surface area (Å²) in [6.07, 6.45) is 6.86. The van der Waals surface area contributed by atoms with Crippen LogP contribution in [-0.4, -0.2) is 16.9 Å². The Morgan fingerprint density at radius 2 is 2.20 bits per heavy atom. The molecule has 108 valence electrons. The highest BCUT2D eigenvalue weighted by Crippen LogP contribution is 2.62. The molecule has 3 rings (SSSR count). The minimum atomic E-state index is -0.0950. The molecule has 2 fully saturated rings. The average Bonchev–Trinajstić information content (AvgIpc) is 2.86. The topological polar surface area (TPSA) is 68.0 Å². The van der Waals surface area contributed by atoms with E-state index in [1.165, 1.54) is 19.3 Å². The van der Waals surface area contributed by atoms with Gasteiger partial charge >= 0.3 is 0 Å². The summed E-state index contributed by atoms with van der Waals surface area (Å²) in [6, 6.07) is 1.88. The van der Waals surface area contributed by atoms with E-state index in [4.69, 9.17) is 5.73 Å². The highest BCUT2D eigenvalue weighted by Gasteiger charge is 2.59. The van der Waals surface area contributed by atoms with E-state index in [9.17, 15) is 4.79 Å². The summed E-state index contributed by atoms with van der Waals surface area (Å²) in [5, 5.41) is 3.24. The largest absolute Gasteiger partial charge is 0.398 e. The summed E-state index contributed by atoms with van der Waals surface area (Å²) < 4.78 is 0. The third-order valence-electron chi connectivity index (χ3n) is 5.64. The van der Waals surface area contributed by atoms with E-state index in [2.05, 4.69) is 31.1 Å². The minimum absolute atomic E-state index is 0.0950. The zero-order valence-corrected chi connectivity index (χ0v) is 12.4. The van der Waals surface area contributed by atoms with Crippen LogP contribution in [0.15, 0.2) is 18.5 Å². The molecule has 1 aromatic rings. The van der Waals surface area contributed by atoms with Gasteiger partial charge in [-0.15, -0.1) is 0 Å². The number of rotatable bonds is 2. The van der Waals surface area contributed by atoms with E-state index in [1.54, 1.807) is 18.5 Å². The van der Waals surface area contributed by atoms with Crippen molar-refractivity contribution in [3.63, 3.8) is 0 Å². The fraction of sp³-hybridized carbons (Fsp3) is 0.625. The quantitative estimate of drug-likeness (QED) is 0.870. The average molecular weight is 273 g/mol. The van der Waals surface area contributed by atoms with Gasteiger partial charge in [0.1, 0.15) is 0 Å². The smallest absolute Gasteiger partial charge is 0.255 e. The second-order valence-electron chi connectivity index (χ2n) is 7.28. The van der Waals surface area contributed by atoms with Crippen molar-refractivity contribution in [2.45, 2.75) is 46.1 Å². The lowest BCUT2D eigenvalue weighted by molar-refractivity contribution is 0.0738. The summed E-state index contributed by atoms with van der Waals surface area (Å²) in [5.41, 5.74) is 7.22. The van der Waals surface area contributed by atoms with E-state index in [1.807, 2.05) is 0 Å². The molecular formula is C16H23N3O. The highest BCUT2D eigenvalue weighted by molar-refractivity contribution is 5.99. The molecule has 3 unspecified atom stereocenters. The van der Waals surface area contributed by atoms with Crippen molar-refractivity contribution in [3.05, 3.63) is 24.0 Å². The molecule has 2 aliphatic carbocycles. The Kier molecular flexibility index (Phi) is 2.82. The van der Waals surface area contributed by atoms with Gasteiger partial charge in [0.2, 0.25) is 0 Å². The molecule has 0 spiro atoms. The first-order valence-electron chi connectivity index (χ1n) is 7.35. The molecule has 4 nitrogen and oxygen atoms in total. The molecule has 2 bridgehead atoms. The summed E-state index contributed by atoms with van der Waals surface area (Å²) in [7, 11) is 0. The van der Waals surface area contributed by atoms with Crippen molar-refractivity contribution in [1.82, 2.24) is 10.3 Å². The number of hydrogen-bond acceptors (Lipinski definition) is 3. The number of carbonyl (C=O) groups excluding carboxylic acids is 1. The Hall–Kier alpha value is -1.58. The van der Waals surface area contributed by atoms with Crippen LogP contribution in [0, 0.1) is 16.7 Å². The van der Waals surface area contributed by atoms with Crippen molar-refractivity contribution >= 4 is 11.6 Å². The molecule has 3 N–H and O–H groups in total. The first kappa shape index (κ1) is 13.4. The highest BCUT2D eigenvalue weighted by atomic mass is 16.1. The fourth-order valence-corrected chi connectivity index (χ4v) is 4.47. The summed E-state index contributed by atoms with van der Waals surface area (Å²) >= 11 is 0. The normalized spacial score (nSPS) is 34.1. The summed E-state index contributed by atoms with van der Waals surface area (Å²) in [5.74, 6) is 0.617. The van der Waals surface area contributed by atoms with Gasteiger partial charge in [-0.2, -0.15) is 0 Å².